The number of carboxylic acid groups (broad SMARTS) is 1. The van der Waals surface area contributed by atoms with Crippen molar-refractivity contribution in [2.24, 2.45) is 0 Å². The third-order valence-corrected chi connectivity index (χ3v) is 2.89. The standard InChI is InChI=1S/C14H15F2NO4/c1-2-9(18)4-6-12(14(20)21)17-13(19)10-5-3-8(15)7-11(10)16/h3,5,7,12H,2,4,6H2,1H3,(H,17,19)(H,20,21)/t12-/m0/s1. The minimum Gasteiger partial charge on any atom is -0.480 e. The van der Waals surface area contributed by atoms with Gasteiger partial charge in [-0.2, -0.15) is 0 Å². The van der Waals surface area contributed by atoms with Gasteiger partial charge in [-0.25, -0.2) is 13.6 Å². The summed E-state index contributed by atoms with van der Waals surface area (Å²) in [5.41, 5.74) is -0.454. The molecule has 0 saturated heterocycles. The highest BCUT2D eigenvalue weighted by molar-refractivity contribution is 5.96. The summed E-state index contributed by atoms with van der Waals surface area (Å²) in [6.07, 6.45) is 0.184. The Labute approximate surface area is 120 Å². The third-order valence-electron chi connectivity index (χ3n) is 2.89. The minimum absolute atomic E-state index is 0.000351. The van der Waals surface area contributed by atoms with E-state index in [4.69, 9.17) is 5.11 Å². The van der Waals surface area contributed by atoms with E-state index in [1.807, 2.05) is 0 Å². The number of rotatable bonds is 7. The zero-order valence-electron chi connectivity index (χ0n) is 11.4. The molecule has 0 saturated carbocycles. The Bertz CT molecular complexity index is 560. The van der Waals surface area contributed by atoms with Gasteiger partial charge in [-0.15, -0.1) is 0 Å². The second-order valence-electron chi connectivity index (χ2n) is 4.42. The number of hydrogen-bond donors (Lipinski definition) is 2. The Balaban J connectivity index is 2.76. The van der Waals surface area contributed by atoms with Gasteiger partial charge in [0, 0.05) is 18.9 Å². The van der Waals surface area contributed by atoms with Crippen LogP contribution in [-0.2, 0) is 9.59 Å². The summed E-state index contributed by atoms with van der Waals surface area (Å²) in [5, 5.41) is 11.1. The number of nitrogens with one attached hydrogen (secondary N) is 1. The molecule has 1 rings (SSSR count). The van der Waals surface area contributed by atoms with E-state index in [1.54, 1.807) is 6.92 Å². The fourth-order valence-corrected chi connectivity index (χ4v) is 1.65. The van der Waals surface area contributed by atoms with Crippen LogP contribution in [0.1, 0.15) is 36.5 Å². The summed E-state index contributed by atoms with van der Waals surface area (Å²) >= 11 is 0. The number of Topliss-reactive ketones (excluding diaryl/α,β-unsaturated/α-hetero) is 1. The molecule has 2 N–H and O–H groups in total. The molecule has 1 aromatic rings. The van der Waals surface area contributed by atoms with Gasteiger partial charge in [-0.3, -0.25) is 9.59 Å². The minimum atomic E-state index is -1.32. The molecule has 1 atom stereocenters. The molecule has 0 bridgehead atoms. The number of benzene rings is 1. The van der Waals surface area contributed by atoms with Crippen LogP contribution in [0.4, 0.5) is 8.78 Å². The number of carbonyl (C=O) groups is 3. The normalized spacial score (nSPS) is 11.8. The first-order valence-corrected chi connectivity index (χ1v) is 6.35. The average molecular weight is 299 g/mol. The number of aliphatic carboxylic acids is 1. The summed E-state index contributed by atoms with van der Waals surface area (Å²) < 4.78 is 26.2. The van der Waals surface area contributed by atoms with Crippen molar-refractivity contribution in [2.45, 2.75) is 32.2 Å². The van der Waals surface area contributed by atoms with Gasteiger partial charge >= 0.3 is 5.97 Å². The number of carbonyl (C=O) groups excluding carboxylic acids is 2. The SMILES string of the molecule is CCC(=O)CC[C@H](NC(=O)c1ccc(F)cc1F)C(=O)O. The lowest BCUT2D eigenvalue weighted by Crippen LogP contribution is -2.41. The highest BCUT2D eigenvalue weighted by Crippen LogP contribution is 2.10. The van der Waals surface area contributed by atoms with Gasteiger partial charge in [0.15, 0.2) is 0 Å². The largest absolute Gasteiger partial charge is 0.480 e. The molecule has 21 heavy (non-hydrogen) atoms. The van der Waals surface area contributed by atoms with Gasteiger partial charge in [0.05, 0.1) is 5.56 Å². The monoisotopic (exact) mass is 299 g/mol. The van der Waals surface area contributed by atoms with Crippen LogP contribution in [0, 0.1) is 11.6 Å². The van der Waals surface area contributed by atoms with E-state index in [-0.39, 0.29) is 25.0 Å². The predicted octanol–water partition coefficient (Wildman–Crippen LogP) is 1.91. The molecule has 0 aliphatic rings. The molecule has 1 aromatic carbocycles. The maximum atomic E-state index is 13.4. The molecule has 0 aliphatic heterocycles. The van der Waals surface area contributed by atoms with Crippen molar-refractivity contribution in [1.29, 1.82) is 0 Å². The number of carboxylic acids is 1. The van der Waals surface area contributed by atoms with Crippen LogP contribution in [0.25, 0.3) is 0 Å². The molecule has 0 fully saturated rings. The molecule has 0 radical (unpaired) electrons. The lowest BCUT2D eigenvalue weighted by atomic mass is 10.1. The molecule has 0 aromatic heterocycles. The van der Waals surface area contributed by atoms with Crippen molar-refractivity contribution >= 4 is 17.7 Å². The van der Waals surface area contributed by atoms with Crippen LogP contribution in [0.5, 0.6) is 0 Å². The van der Waals surface area contributed by atoms with Crippen molar-refractivity contribution in [3.8, 4) is 0 Å². The van der Waals surface area contributed by atoms with Crippen LogP contribution >= 0.6 is 0 Å². The molecule has 114 valence electrons. The predicted molar refractivity (Wildman–Crippen MR) is 69.8 cm³/mol. The topological polar surface area (TPSA) is 83.5 Å². The van der Waals surface area contributed by atoms with Gasteiger partial charge in [0.1, 0.15) is 23.5 Å². The maximum Gasteiger partial charge on any atom is 0.326 e. The van der Waals surface area contributed by atoms with E-state index < -0.39 is 35.1 Å². The van der Waals surface area contributed by atoms with Crippen LogP contribution in [0.15, 0.2) is 18.2 Å². The smallest absolute Gasteiger partial charge is 0.326 e. The zero-order chi connectivity index (χ0) is 16.0. The fourth-order valence-electron chi connectivity index (χ4n) is 1.65. The summed E-state index contributed by atoms with van der Waals surface area (Å²) in [4.78, 5) is 34.0. The molecular weight excluding hydrogens is 284 g/mol. The Morgan fingerprint density at radius 1 is 1.29 bits per heavy atom. The van der Waals surface area contributed by atoms with Crippen molar-refractivity contribution in [3.63, 3.8) is 0 Å². The number of hydrogen-bond acceptors (Lipinski definition) is 3. The third kappa shape index (κ3) is 4.94. The van der Waals surface area contributed by atoms with E-state index in [0.29, 0.717) is 6.07 Å². The molecule has 0 heterocycles. The van der Waals surface area contributed by atoms with E-state index in [9.17, 15) is 23.2 Å². The summed E-state index contributed by atoms with van der Waals surface area (Å²) in [6, 6.07) is 1.05. The van der Waals surface area contributed by atoms with Crippen molar-refractivity contribution < 1.29 is 28.3 Å². The van der Waals surface area contributed by atoms with E-state index in [0.717, 1.165) is 12.1 Å². The first kappa shape index (κ1) is 16.7. The second kappa shape index (κ2) is 7.47. The van der Waals surface area contributed by atoms with Gasteiger partial charge < -0.3 is 10.4 Å². The molecule has 0 spiro atoms. The number of ketones is 1. The quantitative estimate of drug-likeness (QED) is 0.805. The molecule has 0 unspecified atom stereocenters. The fraction of sp³-hybridized carbons (Fsp3) is 0.357. The van der Waals surface area contributed by atoms with Crippen LogP contribution in [0.3, 0.4) is 0 Å². The van der Waals surface area contributed by atoms with Gasteiger partial charge in [-0.1, -0.05) is 6.92 Å². The van der Waals surface area contributed by atoms with E-state index in [2.05, 4.69) is 5.32 Å². The highest BCUT2D eigenvalue weighted by atomic mass is 19.1. The van der Waals surface area contributed by atoms with E-state index >= 15 is 0 Å². The van der Waals surface area contributed by atoms with Crippen LogP contribution in [0.2, 0.25) is 0 Å². The highest BCUT2D eigenvalue weighted by Gasteiger charge is 2.23. The Kier molecular flexibility index (Phi) is 5.95. The molecule has 7 heteroatoms. The molecule has 1 amide bonds. The Morgan fingerprint density at radius 2 is 1.95 bits per heavy atom. The zero-order valence-corrected chi connectivity index (χ0v) is 11.4. The molecule has 5 nitrogen and oxygen atoms in total. The van der Waals surface area contributed by atoms with Gasteiger partial charge in [0.25, 0.3) is 5.91 Å². The van der Waals surface area contributed by atoms with Crippen LogP contribution in [-0.4, -0.2) is 28.8 Å². The first-order chi connectivity index (χ1) is 9.85. The van der Waals surface area contributed by atoms with Gasteiger partial charge in [-0.05, 0) is 18.6 Å². The first-order valence-electron chi connectivity index (χ1n) is 6.35. The lowest BCUT2D eigenvalue weighted by Gasteiger charge is -2.14. The van der Waals surface area contributed by atoms with E-state index in [1.165, 1.54) is 0 Å². The van der Waals surface area contributed by atoms with Crippen molar-refractivity contribution in [2.75, 3.05) is 0 Å². The molecular formula is C14H15F2NO4. The number of amides is 1. The number of halogens is 2. The summed E-state index contributed by atoms with van der Waals surface area (Å²) in [6.45, 7) is 1.64. The maximum absolute atomic E-state index is 13.4. The second-order valence-corrected chi connectivity index (χ2v) is 4.42. The van der Waals surface area contributed by atoms with Crippen molar-refractivity contribution in [1.82, 2.24) is 5.32 Å². The lowest BCUT2D eigenvalue weighted by molar-refractivity contribution is -0.139. The Morgan fingerprint density at radius 3 is 2.48 bits per heavy atom. The summed E-state index contributed by atoms with van der Waals surface area (Å²) in [5.74, 6) is -4.35. The summed E-state index contributed by atoms with van der Waals surface area (Å²) in [7, 11) is 0. The van der Waals surface area contributed by atoms with Crippen LogP contribution < -0.4 is 5.32 Å². The Hall–Kier alpha value is -2.31. The average Bonchev–Trinajstić information content (AvgIpc) is 2.42. The van der Waals surface area contributed by atoms with Gasteiger partial charge in [0.2, 0.25) is 0 Å². The molecule has 0 aliphatic carbocycles. The van der Waals surface area contributed by atoms with Crippen molar-refractivity contribution in [3.05, 3.63) is 35.4 Å².